The van der Waals surface area contributed by atoms with Crippen molar-refractivity contribution in [2.45, 2.75) is 26.7 Å². The fourth-order valence-electron chi connectivity index (χ4n) is 2.42. The molecule has 0 amide bonds. The van der Waals surface area contributed by atoms with E-state index < -0.39 is 0 Å². The summed E-state index contributed by atoms with van der Waals surface area (Å²) in [5, 5.41) is 2.47. The first-order valence-corrected chi connectivity index (χ1v) is 6.08. The molecule has 0 aliphatic carbocycles. The molecular weight excluding hydrogens is 208 g/mol. The van der Waals surface area contributed by atoms with Gasteiger partial charge in [-0.2, -0.15) is 0 Å². The molecule has 0 radical (unpaired) electrons. The van der Waals surface area contributed by atoms with Crippen LogP contribution in [0.1, 0.15) is 30.9 Å². The summed E-state index contributed by atoms with van der Waals surface area (Å²) in [6.45, 7) is 6.59. The van der Waals surface area contributed by atoms with Gasteiger partial charge >= 0.3 is 0 Å². The van der Waals surface area contributed by atoms with Crippen molar-refractivity contribution in [2.24, 2.45) is 0 Å². The number of para-hydroxylation sites is 1. The minimum Gasteiger partial charge on any atom is -0.456 e. The quantitative estimate of drug-likeness (QED) is 0.565. The fourth-order valence-corrected chi connectivity index (χ4v) is 2.42. The standard InChI is InChI=1S/C16H16O/c1-10(2)12-8-11(3)16-13-6-4-5-7-14(13)17-15(16)9-12/h4-10H,1-3H3. The second kappa shape index (κ2) is 3.63. The minimum atomic E-state index is 0.534. The molecule has 86 valence electrons. The second-order valence-electron chi connectivity index (χ2n) is 4.96. The summed E-state index contributed by atoms with van der Waals surface area (Å²) in [6, 6.07) is 12.7. The van der Waals surface area contributed by atoms with Gasteiger partial charge in [0, 0.05) is 10.8 Å². The third kappa shape index (κ3) is 1.54. The number of rotatable bonds is 1. The Hall–Kier alpha value is -1.76. The Balaban J connectivity index is 2.44. The monoisotopic (exact) mass is 224 g/mol. The summed E-state index contributed by atoms with van der Waals surface area (Å²) in [5.41, 5.74) is 4.63. The van der Waals surface area contributed by atoms with E-state index in [1.54, 1.807) is 0 Å². The molecule has 3 rings (SSSR count). The zero-order valence-corrected chi connectivity index (χ0v) is 10.4. The molecule has 17 heavy (non-hydrogen) atoms. The zero-order chi connectivity index (χ0) is 12.0. The number of hydrogen-bond donors (Lipinski definition) is 0. The lowest BCUT2D eigenvalue weighted by Gasteiger charge is -2.06. The van der Waals surface area contributed by atoms with Gasteiger partial charge in [0.05, 0.1) is 0 Å². The molecule has 1 heteroatoms. The van der Waals surface area contributed by atoms with E-state index in [4.69, 9.17) is 4.42 Å². The van der Waals surface area contributed by atoms with Crippen molar-refractivity contribution in [1.29, 1.82) is 0 Å². The molecule has 3 aromatic rings. The summed E-state index contributed by atoms with van der Waals surface area (Å²) >= 11 is 0. The summed E-state index contributed by atoms with van der Waals surface area (Å²) in [6.07, 6.45) is 0. The average molecular weight is 224 g/mol. The van der Waals surface area contributed by atoms with Crippen molar-refractivity contribution in [1.82, 2.24) is 0 Å². The van der Waals surface area contributed by atoms with Gasteiger partial charge < -0.3 is 4.42 Å². The third-order valence-electron chi connectivity index (χ3n) is 3.36. The molecule has 2 aromatic carbocycles. The van der Waals surface area contributed by atoms with Gasteiger partial charge in [0.15, 0.2) is 0 Å². The van der Waals surface area contributed by atoms with E-state index in [2.05, 4.69) is 45.0 Å². The topological polar surface area (TPSA) is 13.1 Å². The van der Waals surface area contributed by atoms with Crippen LogP contribution in [0.3, 0.4) is 0 Å². The molecule has 0 saturated carbocycles. The van der Waals surface area contributed by atoms with Crippen LogP contribution >= 0.6 is 0 Å². The van der Waals surface area contributed by atoms with Crippen LogP contribution in [-0.2, 0) is 0 Å². The van der Waals surface area contributed by atoms with Gasteiger partial charge in [0.1, 0.15) is 11.2 Å². The molecule has 0 atom stereocenters. The lowest BCUT2D eigenvalue weighted by molar-refractivity contribution is 0.667. The molecule has 0 fully saturated rings. The van der Waals surface area contributed by atoms with Crippen LogP contribution < -0.4 is 0 Å². The molecular formula is C16H16O. The molecule has 0 aliphatic rings. The largest absolute Gasteiger partial charge is 0.456 e. The fraction of sp³-hybridized carbons (Fsp3) is 0.250. The van der Waals surface area contributed by atoms with Crippen LogP contribution in [0.4, 0.5) is 0 Å². The van der Waals surface area contributed by atoms with E-state index in [-0.39, 0.29) is 0 Å². The smallest absolute Gasteiger partial charge is 0.135 e. The van der Waals surface area contributed by atoms with Crippen molar-refractivity contribution in [3.05, 3.63) is 47.5 Å². The Labute approximate surface area is 101 Å². The van der Waals surface area contributed by atoms with Gasteiger partial charge in [-0.3, -0.25) is 0 Å². The molecule has 0 bridgehead atoms. The van der Waals surface area contributed by atoms with Crippen molar-refractivity contribution in [3.8, 4) is 0 Å². The SMILES string of the molecule is Cc1cc(C(C)C)cc2oc3ccccc3c12. The van der Waals surface area contributed by atoms with Crippen LogP contribution in [0, 0.1) is 6.92 Å². The molecule has 0 unspecified atom stereocenters. The Morgan fingerprint density at radius 2 is 1.76 bits per heavy atom. The van der Waals surface area contributed by atoms with E-state index in [0.717, 1.165) is 11.2 Å². The lowest BCUT2D eigenvalue weighted by Crippen LogP contribution is -1.88. The van der Waals surface area contributed by atoms with Crippen LogP contribution in [0.15, 0.2) is 40.8 Å². The second-order valence-corrected chi connectivity index (χ2v) is 4.96. The van der Waals surface area contributed by atoms with Crippen LogP contribution in [0.2, 0.25) is 0 Å². The predicted octanol–water partition coefficient (Wildman–Crippen LogP) is 5.02. The zero-order valence-electron chi connectivity index (χ0n) is 10.4. The number of hydrogen-bond acceptors (Lipinski definition) is 1. The summed E-state index contributed by atoms with van der Waals surface area (Å²) < 4.78 is 5.92. The third-order valence-corrected chi connectivity index (χ3v) is 3.36. The van der Waals surface area contributed by atoms with E-state index in [9.17, 15) is 0 Å². The summed E-state index contributed by atoms with van der Waals surface area (Å²) in [5.74, 6) is 0.534. The van der Waals surface area contributed by atoms with E-state index >= 15 is 0 Å². The molecule has 0 spiro atoms. The van der Waals surface area contributed by atoms with Gasteiger partial charge in [0.2, 0.25) is 0 Å². The van der Waals surface area contributed by atoms with Crippen molar-refractivity contribution >= 4 is 21.9 Å². The first-order chi connectivity index (χ1) is 8.16. The Morgan fingerprint density at radius 1 is 1.00 bits per heavy atom. The summed E-state index contributed by atoms with van der Waals surface area (Å²) in [4.78, 5) is 0. The maximum Gasteiger partial charge on any atom is 0.135 e. The first kappa shape index (κ1) is 10.4. The molecule has 1 nitrogen and oxygen atoms in total. The van der Waals surface area contributed by atoms with Gasteiger partial charge in [-0.05, 0) is 36.1 Å². The average Bonchev–Trinajstić information content (AvgIpc) is 2.67. The van der Waals surface area contributed by atoms with Crippen molar-refractivity contribution in [2.75, 3.05) is 0 Å². The van der Waals surface area contributed by atoms with Gasteiger partial charge in [-0.15, -0.1) is 0 Å². The molecule has 1 aromatic heterocycles. The van der Waals surface area contributed by atoms with Gasteiger partial charge in [-0.1, -0.05) is 38.1 Å². The number of furan rings is 1. The molecule has 0 N–H and O–H groups in total. The maximum absolute atomic E-state index is 5.92. The van der Waals surface area contributed by atoms with E-state index in [1.807, 2.05) is 12.1 Å². The minimum absolute atomic E-state index is 0.534. The van der Waals surface area contributed by atoms with Crippen LogP contribution in [0.5, 0.6) is 0 Å². The van der Waals surface area contributed by atoms with Crippen LogP contribution in [-0.4, -0.2) is 0 Å². The van der Waals surface area contributed by atoms with Crippen molar-refractivity contribution in [3.63, 3.8) is 0 Å². The van der Waals surface area contributed by atoms with Gasteiger partial charge in [-0.25, -0.2) is 0 Å². The Morgan fingerprint density at radius 3 is 2.53 bits per heavy atom. The molecule has 0 aliphatic heterocycles. The Bertz CT molecular complexity index is 689. The Kier molecular flexibility index (Phi) is 2.22. The first-order valence-electron chi connectivity index (χ1n) is 6.08. The van der Waals surface area contributed by atoms with Crippen molar-refractivity contribution < 1.29 is 4.42 Å². The molecule has 0 saturated heterocycles. The highest BCUT2D eigenvalue weighted by Gasteiger charge is 2.11. The predicted molar refractivity (Wildman–Crippen MR) is 72.5 cm³/mol. The number of benzene rings is 2. The number of fused-ring (bicyclic) bond motifs is 3. The normalized spacial score (nSPS) is 11.8. The lowest BCUT2D eigenvalue weighted by atomic mass is 9.98. The maximum atomic E-state index is 5.92. The highest BCUT2D eigenvalue weighted by atomic mass is 16.3. The van der Waals surface area contributed by atoms with E-state index in [1.165, 1.54) is 21.9 Å². The number of aryl methyl sites for hydroxylation is 1. The van der Waals surface area contributed by atoms with Gasteiger partial charge in [0.25, 0.3) is 0 Å². The van der Waals surface area contributed by atoms with Crippen LogP contribution in [0.25, 0.3) is 21.9 Å². The molecule has 1 heterocycles. The highest BCUT2D eigenvalue weighted by molar-refractivity contribution is 6.06. The summed E-state index contributed by atoms with van der Waals surface area (Å²) in [7, 11) is 0. The van der Waals surface area contributed by atoms with E-state index in [0.29, 0.717) is 5.92 Å². The highest BCUT2D eigenvalue weighted by Crippen LogP contribution is 2.33.